The first kappa shape index (κ1) is 40.0. The quantitative estimate of drug-likeness (QED) is 0.0662. The first-order valence-electron chi connectivity index (χ1n) is 12.8. The molecule has 0 spiro atoms. The van der Waals surface area contributed by atoms with Crippen LogP contribution in [-0.4, -0.2) is 51.3 Å². The third-order valence-corrected chi connectivity index (χ3v) is 6.68. The number of methoxy groups -OCH3 is 1. The fraction of sp³-hybridized carbons (Fsp3) is 0.429. The van der Waals surface area contributed by atoms with Gasteiger partial charge in [-0.1, -0.05) is 65.0 Å². The van der Waals surface area contributed by atoms with Crippen molar-refractivity contribution in [1.29, 1.82) is 0 Å². The lowest BCUT2D eigenvalue weighted by Gasteiger charge is -2.17. The second-order valence-corrected chi connectivity index (χ2v) is 10.5. The second-order valence-electron chi connectivity index (χ2n) is 8.37. The molecule has 10 nitrogen and oxygen atoms in total. The van der Waals surface area contributed by atoms with Crippen LogP contribution in [0.25, 0.3) is 0 Å². The molecule has 0 aromatic rings. The molecule has 2 N–H and O–H groups in total. The fourth-order valence-electron chi connectivity index (χ4n) is 2.74. The summed E-state index contributed by atoms with van der Waals surface area (Å²) in [5.41, 5.74) is -0.427. The van der Waals surface area contributed by atoms with Crippen LogP contribution in [0.15, 0.2) is 82.7 Å². The molecule has 2 unspecified atom stereocenters. The van der Waals surface area contributed by atoms with Crippen LogP contribution in [0.1, 0.15) is 47.5 Å². The van der Waals surface area contributed by atoms with Crippen LogP contribution in [0.5, 0.6) is 0 Å². The highest BCUT2D eigenvalue weighted by Gasteiger charge is 2.28. The largest absolute Gasteiger partial charge is 0.373 e. The van der Waals surface area contributed by atoms with E-state index in [0.717, 1.165) is 6.08 Å². The van der Waals surface area contributed by atoms with Gasteiger partial charge in [0.15, 0.2) is 0 Å². The Labute approximate surface area is 247 Å². The third kappa shape index (κ3) is 16.6. The lowest BCUT2D eigenvalue weighted by atomic mass is 10.2. The fourth-order valence-corrected chi connectivity index (χ4v) is 4.33. The molecule has 41 heavy (non-hydrogen) atoms. The predicted octanol–water partition coefficient (Wildman–Crippen LogP) is 5.41. The maximum absolute atomic E-state index is 13.0. The Kier molecular flexibility index (Phi) is 21.0. The molecule has 1 aliphatic carbocycles. The van der Waals surface area contributed by atoms with E-state index in [0.29, 0.717) is 6.29 Å². The zero-order valence-corrected chi connectivity index (χ0v) is 25.9. The van der Waals surface area contributed by atoms with E-state index in [4.69, 9.17) is 16.3 Å². The van der Waals surface area contributed by atoms with Gasteiger partial charge in [-0.2, -0.15) is 4.72 Å². The Hall–Kier alpha value is -3.19. The SMILES string of the molecule is C=C(C=O)CNC(=O)C(CC)NS(=O)(=O)C1=CC([N+](=O)[O-])=C(Cl)C=CC1.C=CC(/C=C\C(F)=C/C(C)C)OC.CC. The normalized spacial score (nSPS) is 15.0. The number of ether oxygens (including phenoxy) is 1. The van der Waals surface area contributed by atoms with Crippen LogP contribution in [0.2, 0.25) is 0 Å². The molecule has 0 saturated carbocycles. The minimum Gasteiger partial charge on any atom is -0.373 e. The van der Waals surface area contributed by atoms with E-state index < -0.39 is 32.6 Å². The van der Waals surface area contributed by atoms with Crippen molar-refractivity contribution in [3.63, 3.8) is 0 Å². The average Bonchev–Trinajstić information content (AvgIpc) is 3.14. The highest BCUT2D eigenvalue weighted by atomic mass is 35.5. The molecule has 1 aliphatic rings. The van der Waals surface area contributed by atoms with E-state index in [9.17, 15) is 32.5 Å². The van der Waals surface area contributed by atoms with E-state index in [-0.39, 0.29) is 52.7 Å². The van der Waals surface area contributed by atoms with Crippen LogP contribution in [0.4, 0.5) is 4.39 Å². The number of halogens is 2. The molecular weight excluding hydrogens is 577 g/mol. The Morgan fingerprint density at radius 3 is 2.41 bits per heavy atom. The van der Waals surface area contributed by atoms with Gasteiger partial charge in [0.25, 0.3) is 5.70 Å². The number of hydrogen-bond acceptors (Lipinski definition) is 7. The minimum atomic E-state index is -4.19. The van der Waals surface area contributed by atoms with Gasteiger partial charge in [-0.3, -0.25) is 19.7 Å². The molecule has 13 heteroatoms. The van der Waals surface area contributed by atoms with Crippen molar-refractivity contribution in [3.05, 3.63) is 92.8 Å². The molecule has 0 aliphatic heterocycles. The summed E-state index contributed by atoms with van der Waals surface area (Å²) in [6.07, 6.45) is 9.93. The van der Waals surface area contributed by atoms with Gasteiger partial charge in [-0.05, 0) is 36.6 Å². The first-order chi connectivity index (χ1) is 19.2. The highest BCUT2D eigenvalue weighted by molar-refractivity contribution is 7.93. The van der Waals surface area contributed by atoms with Crippen molar-refractivity contribution in [1.82, 2.24) is 10.0 Å². The van der Waals surface area contributed by atoms with Crippen molar-refractivity contribution in [2.75, 3.05) is 13.7 Å². The maximum Gasteiger partial charge on any atom is 0.288 e. The summed E-state index contributed by atoms with van der Waals surface area (Å²) < 4.78 is 45.2. The Morgan fingerprint density at radius 2 is 1.95 bits per heavy atom. The molecule has 0 saturated heterocycles. The average molecular weight is 618 g/mol. The monoisotopic (exact) mass is 617 g/mol. The van der Waals surface area contributed by atoms with Gasteiger partial charge in [0.05, 0.1) is 15.9 Å². The van der Waals surface area contributed by atoms with E-state index in [1.807, 2.05) is 27.7 Å². The standard InChI is InChI=1S/C15H18ClN3O6S.C11H17FO.C2H6/c1-3-13(15(21)17-8-10(2)9-20)18-26(24,25)11-5-4-6-12(16)14(7-11)19(22)23;1-5-11(13-4)7-6-10(12)8-9(2)3;1-2/h4,6-7,9,13,18H,2-3,5,8H2,1H3,(H,17,21);5-9,11H,1H2,2-4H3;1-2H3/b;7-6-,10-8+;. The molecule has 0 fully saturated rings. The Bertz CT molecular complexity index is 1170. The van der Waals surface area contributed by atoms with Crippen LogP contribution < -0.4 is 10.0 Å². The molecule has 0 aromatic heterocycles. The third-order valence-electron chi connectivity index (χ3n) is 4.79. The number of rotatable bonds is 14. The van der Waals surface area contributed by atoms with Gasteiger partial charge >= 0.3 is 0 Å². The van der Waals surface area contributed by atoms with Crippen LogP contribution in [0.3, 0.4) is 0 Å². The summed E-state index contributed by atoms with van der Waals surface area (Å²) >= 11 is 5.76. The number of hydrogen-bond donors (Lipinski definition) is 2. The van der Waals surface area contributed by atoms with Crippen molar-refractivity contribution in [2.24, 2.45) is 5.92 Å². The van der Waals surface area contributed by atoms with Crippen molar-refractivity contribution in [2.45, 2.75) is 59.6 Å². The van der Waals surface area contributed by atoms with Crippen LogP contribution in [-0.2, 0) is 24.3 Å². The van der Waals surface area contributed by atoms with E-state index in [2.05, 4.69) is 23.2 Å². The number of carbonyl (C=O) groups is 2. The number of allylic oxidation sites excluding steroid dienone is 8. The van der Waals surface area contributed by atoms with E-state index in [1.54, 1.807) is 32.3 Å². The first-order valence-corrected chi connectivity index (χ1v) is 14.6. The van der Waals surface area contributed by atoms with Crippen molar-refractivity contribution < 1.29 is 32.1 Å². The number of nitrogens with zero attached hydrogens (tertiary/aromatic N) is 1. The number of aldehydes is 1. The zero-order valence-electron chi connectivity index (χ0n) is 24.4. The van der Waals surface area contributed by atoms with Crippen molar-refractivity contribution >= 4 is 33.8 Å². The zero-order chi connectivity index (χ0) is 32.2. The van der Waals surface area contributed by atoms with Gasteiger partial charge in [0, 0.05) is 31.7 Å². The number of nitrogens with one attached hydrogen (secondary N) is 2. The molecular formula is C28H41ClFN3O7S. The van der Waals surface area contributed by atoms with Gasteiger partial charge < -0.3 is 10.1 Å². The van der Waals surface area contributed by atoms with E-state index >= 15 is 0 Å². The Balaban J connectivity index is 0. The summed E-state index contributed by atoms with van der Waals surface area (Å²) in [4.78, 5) is 32.5. The highest BCUT2D eigenvalue weighted by Crippen LogP contribution is 2.24. The molecule has 0 heterocycles. The summed E-state index contributed by atoms with van der Waals surface area (Å²) in [5, 5.41) is 13.2. The van der Waals surface area contributed by atoms with Crippen molar-refractivity contribution in [3.8, 4) is 0 Å². The van der Waals surface area contributed by atoms with Gasteiger partial charge in [-0.15, -0.1) is 6.58 Å². The van der Waals surface area contributed by atoms with Crippen LogP contribution in [0, 0.1) is 16.0 Å². The second kappa shape index (κ2) is 21.5. The van der Waals surface area contributed by atoms with Gasteiger partial charge in [-0.25, -0.2) is 12.8 Å². The molecule has 0 bridgehead atoms. The number of nitro groups is 1. The summed E-state index contributed by atoms with van der Waals surface area (Å²) in [6, 6.07) is -1.12. The summed E-state index contributed by atoms with van der Waals surface area (Å²) in [6.45, 7) is 16.3. The van der Waals surface area contributed by atoms with Crippen LogP contribution >= 0.6 is 11.6 Å². The summed E-state index contributed by atoms with van der Waals surface area (Å²) in [5.74, 6) is -0.666. The lowest BCUT2D eigenvalue weighted by molar-refractivity contribution is -0.419. The molecule has 2 atom stereocenters. The van der Waals surface area contributed by atoms with E-state index in [1.165, 1.54) is 18.2 Å². The Morgan fingerprint density at radius 1 is 1.34 bits per heavy atom. The number of sulfonamides is 1. The lowest BCUT2D eigenvalue weighted by Crippen LogP contribution is -2.47. The molecule has 1 amide bonds. The molecule has 0 radical (unpaired) electrons. The number of carbonyl (C=O) groups excluding carboxylic acids is 2. The van der Waals surface area contributed by atoms with Gasteiger partial charge in [0.1, 0.15) is 23.2 Å². The molecule has 230 valence electrons. The van der Waals surface area contributed by atoms with Gasteiger partial charge in [0.2, 0.25) is 15.9 Å². The predicted molar refractivity (Wildman–Crippen MR) is 162 cm³/mol. The molecule has 0 aromatic carbocycles. The maximum atomic E-state index is 13.0. The smallest absolute Gasteiger partial charge is 0.288 e. The summed E-state index contributed by atoms with van der Waals surface area (Å²) in [7, 11) is -2.63. The topological polar surface area (TPSA) is 145 Å². The molecule has 1 rings (SSSR count). The number of amides is 1. The minimum absolute atomic E-state index is 0.115.